The summed E-state index contributed by atoms with van der Waals surface area (Å²) in [5, 5.41) is 0.836. The van der Waals surface area contributed by atoms with Crippen molar-refractivity contribution in [2.45, 2.75) is 6.92 Å². The molecule has 0 amide bonds. The van der Waals surface area contributed by atoms with E-state index in [1.54, 1.807) is 31.2 Å². The Morgan fingerprint density at radius 3 is 2.21 bits per heavy atom. The summed E-state index contributed by atoms with van der Waals surface area (Å²) in [4.78, 5) is 0. The monoisotopic (exact) mass is 283 g/mol. The molecule has 1 radical (unpaired) electrons. The fourth-order valence-corrected chi connectivity index (χ4v) is 1.58. The second-order valence-corrected chi connectivity index (χ2v) is 3.95. The molecule has 0 heterocycles. The molecule has 0 aliphatic rings. The van der Waals surface area contributed by atoms with E-state index in [1.807, 2.05) is 6.07 Å². The van der Waals surface area contributed by atoms with Crippen molar-refractivity contribution in [3.05, 3.63) is 41.3 Å². The summed E-state index contributed by atoms with van der Waals surface area (Å²) >= 11 is 0. The second-order valence-electron chi connectivity index (χ2n) is 2.68. The van der Waals surface area contributed by atoms with Gasteiger partial charge < -0.3 is 0 Å². The Morgan fingerprint density at radius 2 is 1.79 bits per heavy atom. The zero-order chi connectivity index (χ0) is 9.90. The smallest absolute Gasteiger partial charge is 0.282 e. The second kappa shape index (κ2) is 6.30. The molecule has 0 aliphatic heterocycles. The van der Waals surface area contributed by atoms with E-state index in [1.165, 1.54) is 0 Å². The molecular formula is C9H10O3RbS. The minimum atomic E-state index is -4.03. The van der Waals surface area contributed by atoms with E-state index in [4.69, 9.17) is 4.55 Å². The van der Waals surface area contributed by atoms with E-state index in [9.17, 15) is 8.42 Å². The number of allylic oxidation sites excluding steroid dienone is 1. The molecule has 14 heavy (non-hydrogen) atoms. The van der Waals surface area contributed by atoms with Gasteiger partial charge in [0.1, 0.15) is 0 Å². The molecule has 1 aromatic rings. The maximum absolute atomic E-state index is 10.5. The van der Waals surface area contributed by atoms with Crippen LogP contribution in [0.3, 0.4) is 0 Å². The number of hydrogen-bond donors (Lipinski definition) is 1. The fraction of sp³-hybridized carbons (Fsp3) is 0.111. The van der Waals surface area contributed by atoms with Gasteiger partial charge in [-0.3, -0.25) is 4.55 Å². The van der Waals surface area contributed by atoms with Crippen LogP contribution in [0.4, 0.5) is 0 Å². The Bertz CT molecular complexity index is 409. The van der Waals surface area contributed by atoms with E-state index in [0.717, 1.165) is 11.0 Å². The van der Waals surface area contributed by atoms with E-state index < -0.39 is 10.1 Å². The van der Waals surface area contributed by atoms with Crippen molar-refractivity contribution in [1.82, 2.24) is 0 Å². The molecule has 0 saturated carbocycles. The first-order chi connectivity index (χ1) is 5.99. The minimum absolute atomic E-state index is 0. The molecular weight excluding hydrogens is 274 g/mol. The predicted octanol–water partition coefficient (Wildman–Crippen LogP) is 1.55. The zero-order valence-corrected chi connectivity index (χ0v) is 13.9. The summed E-state index contributed by atoms with van der Waals surface area (Å²) in [6, 6.07) is 8.99. The summed E-state index contributed by atoms with van der Waals surface area (Å²) in [6.45, 7) is 1.63. The zero-order valence-electron chi connectivity index (χ0n) is 8.14. The molecule has 71 valence electrons. The van der Waals surface area contributed by atoms with Gasteiger partial charge in [-0.1, -0.05) is 30.3 Å². The summed E-state index contributed by atoms with van der Waals surface area (Å²) < 4.78 is 29.5. The van der Waals surface area contributed by atoms with E-state index in [0.29, 0.717) is 5.57 Å². The topological polar surface area (TPSA) is 54.4 Å². The molecule has 1 N–H and O–H groups in total. The van der Waals surface area contributed by atoms with Crippen molar-refractivity contribution >= 4 is 73.9 Å². The Balaban J connectivity index is 0.00000169. The molecule has 0 aromatic heterocycles. The third-order valence-corrected chi connectivity index (χ3v) is 2.21. The van der Waals surface area contributed by atoms with Gasteiger partial charge in [-0.15, -0.1) is 0 Å². The number of rotatable bonds is 2. The van der Waals surface area contributed by atoms with Crippen molar-refractivity contribution in [3.8, 4) is 0 Å². The van der Waals surface area contributed by atoms with Crippen LogP contribution in [0, 0.1) is 0 Å². The molecule has 0 spiro atoms. The molecule has 0 unspecified atom stereocenters. The van der Waals surface area contributed by atoms with Crippen molar-refractivity contribution in [1.29, 1.82) is 0 Å². The van der Waals surface area contributed by atoms with Gasteiger partial charge in [-0.25, -0.2) is 0 Å². The predicted molar refractivity (Wildman–Crippen MR) is 57.4 cm³/mol. The van der Waals surface area contributed by atoms with Crippen LogP contribution < -0.4 is 0 Å². The molecule has 0 atom stereocenters. The van der Waals surface area contributed by atoms with Crippen LogP contribution in [0.2, 0.25) is 0 Å². The van der Waals surface area contributed by atoms with Crippen molar-refractivity contribution in [2.75, 3.05) is 0 Å². The maximum Gasteiger partial charge on any atom is 0.287 e. The first-order valence-electron chi connectivity index (χ1n) is 3.70. The van der Waals surface area contributed by atoms with Gasteiger partial charge in [0.05, 0.1) is 5.41 Å². The Hall–Kier alpha value is 0.675. The molecule has 0 saturated heterocycles. The SMILES string of the molecule is CC(=CS(=O)(=O)O)c1ccccc1.[Rb]. The average Bonchev–Trinajstić information content (AvgIpc) is 2.03. The van der Waals surface area contributed by atoms with Crippen LogP contribution in [0.15, 0.2) is 35.7 Å². The Kier molecular flexibility index (Phi) is 6.60. The van der Waals surface area contributed by atoms with Crippen LogP contribution in [0.25, 0.3) is 5.57 Å². The molecule has 5 heteroatoms. The van der Waals surface area contributed by atoms with E-state index in [2.05, 4.69) is 0 Å². The summed E-state index contributed by atoms with van der Waals surface area (Å²) in [5.41, 5.74) is 1.29. The van der Waals surface area contributed by atoms with Crippen LogP contribution in [-0.2, 0) is 10.1 Å². The summed E-state index contributed by atoms with van der Waals surface area (Å²) in [6.07, 6.45) is 0. The number of benzene rings is 1. The molecule has 3 nitrogen and oxygen atoms in total. The van der Waals surface area contributed by atoms with Crippen LogP contribution in [-0.4, -0.2) is 71.2 Å². The third-order valence-electron chi connectivity index (χ3n) is 1.55. The molecule has 1 rings (SSSR count). The van der Waals surface area contributed by atoms with Crippen LogP contribution in [0.1, 0.15) is 12.5 Å². The van der Waals surface area contributed by atoms with Crippen molar-refractivity contribution in [3.63, 3.8) is 0 Å². The standard InChI is InChI=1S/C9H10O3S.Rb/c1-8(7-13(10,11)12)9-5-3-2-4-6-9;/h2-7H,1H3,(H,10,11,12);. The summed E-state index contributed by atoms with van der Waals surface area (Å²) in [7, 11) is -4.03. The van der Waals surface area contributed by atoms with Gasteiger partial charge in [-0.05, 0) is 18.1 Å². The van der Waals surface area contributed by atoms with Gasteiger partial charge in [0.25, 0.3) is 10.1 Å². The van der Waals surface area contributed by atoms with Gasteiger partial charge in [0.15, 0.2) is 0 Å². The van der Waals surface area contributed by atoms with E-state index >= 15 is 0 Å². The van der Waals surface area contributed by atoms with Gasteiger partial charge in [0.2, 0.25) is 0 Å². The Labute approximate surface area is 133 Å². The quantitative estimate of drug-likeness (QED) is 0.838. The van der Waals surface area contributed by atoms with E-state index in [-0.39, 0.29) is 58.2 Å². The Morgan fingerprint density at radius 1 is 1.29 bits per heavy atom. The van der Waals surface area contributed by atoms with Gasteiger partial charge in [0, 0.05) is 58.2 Å². The van der Waals surface area contributed by atoms with Crippen molar-refractivity contribution < 1.29 is 13.0 Å². The first kappa shape index (κ1) is 14.7. The average molecular weight is 284 g/mol. The largest absolute Gasteiger partial charge is 0.287 e. The molecule has 0 bridgehead atoms. The third kappa shape index (κ3) is 5.53. The summed E-state index contributed by atoms with van der Waals surface area (Å²) in [5.74, 6) is 0. The molecule has 0 fully saturated rings. The molecule has 1 aromatic carbocycles. The molecule has 0 aliphatic carbocycles. The van der Waals surface area contributed by atoms with Gasteiger partial charge in [-0.2, -0.15) is 8.42 Å². The van der Waals surface area contributed by atoms with Crippen molar-refractivity contribution in [2.24, 2.45) is 0 Å². The normalized spacial score (nSPS) is 12.0. The van der Waals surface area contributed by atoms with Crippen LogP contribution in [0.5, 0.6) is 0 Å². The minimum Gasteiger partial charge on any atom is -0.282 e. The van der Waals surface area contributed by atoms with Crippen LogP contribution >= 0.6 is 0 Å². The maximum atomic E-state index is 10.5. The first-order valence-corrected chi connectivity index (χ1v) is 5.20. The van der Waals surface area contributed by atoms with Gasteiger partial charge >= 0.3 is 0 Å². The number of hydrogen-bond acceptors (Lipinski definition) is 2. The fourth-order valence-electron chi connectivity index (χ4n) is 0.992.